The van der Waals surface area contributed by atoms with E-state index in [1.54, 1.807) is 0 Å². The van der Waals surface area contributed by atoms with Gasteiger partial charge in [-0.3, -0.25) is 0 Å². The van der Waals surface area contributed by atoms with Crippen LogP contribution in [-0.4, -0.2) is 0 Å². The number of rotatable bonds is 0. The summed E-state index contributed by atoms with van der Waals surface area (Å²) in [5.74, 6) is 0. The predicted molar refractivity (Wildman–Crippen MR) is 52.4 cm³/mol. The average molecular weight is 171 g/mol. The van der Waals surface area contributed by atoms with Crippen LogP contribution in [0.3, 0.4) is 0 Å². The van der Waals surface area contributed by atoms with Crippen LogP contribution in [0.1, 0.15) is 36.0 Å². The lowest BCUT2D eigenvalue weighted by Crippen LogP contribution is -1.94. The Morgan fingerprint density at radius 1 is 1.08 bits per heavy atom. The zero-order valence-corrected chi connectivity index (χ0v) is 7.71. The zero-order valence-electron chi connectivity index (χ0n) is 7.71. The monoisotopic (exact) mass is 171 g/mol. The molecule has 66 valence electrons. The van der Waals surface area contributed by atoms with E-state index in [-0.39, 0.29) is 0 Å². The fourth-order valence-corrected chi connectivity index (χ4v) is 2.06. The third kappa shape index (κ3) is 1.58. The van der Waals surface area contributed by atoms with E-state index in [1.807, 2.05) is 12.1 Å². The van der Waals surface area contributed by atoms with Crippen molar-refractivity contribution < 1.29 is 0 Å². The van der Waals surface area contributed by atoms with Crippen molar-refractivity contribution in [1.82, 2.24) is 0 Å². The molecular weight excluding hydrogens is 158 g/mol. The van der Waals surface area contributed by atoms with Crippen LogP contribution in [0.5, 0.6) is 0 Å². The van der Waals surface area contributed by atoms with Gasteiger partial charge >= 0.3 is 0 Å². The molecule has 0 heterocycles. The van der Waals surface area contributed by atoms with Gasteiger partial charge in [0.25, 0.3) is 0 Å². The molecule has 1 aliphatic carbocycles. The van der Waals surface area contributed by atoms with E-state index in [1.165, 1.54) is 30.4 Å². The first-order valence-corrected chi connectivity index (χ1v) is 4.92. The van der Waals surface area contributed by atoms with E-state index in [9.17, 15) is 0 Å². The van der Waals surface area contributed by atoms with Gasteiger partial charge in [0, 0.05) is 0 Å². The summed E-state index contributed by atoms with van der Waals surface area (Å²) in [6.07, 6.45) is 6.08. The summed E-state index contributed by atoms with van der Waals surface area (Å²) in [5.41, 5.74) is 3.60. The molecule has 0 aromatic heterocycles. The molecule has 0 amide bonds. The molecule has 1 aromatic carbocycles. The standard InChI is InChI=1S/C12H13N/c13-9-11-7-4-6-10-5-2-1-3-8-12(10)11/h4,6-7H,1-3,5,8H2. The Kier molecular flexibility index (Phi) is 2.31. The highest BCUT2D eigenvalue weighted by atomic mass is 14.3. The minimum absolute atomic E-state index is 0.888. The smallest absolute Gasteiger partial charge is 0.0994 e. The van der Waals surface area contributed by atoms with Crippen LogP contribution in [0.15, 0.2) is 18.2 Å². The summed E-state index contributed by atoms with van der Waals surface area (Å²) < 4.78 is 0. The van der Waals surface area contributed by atoms with Crippen molar-refractivity contribution in [1.29, 1.82) is 5.26 Å². The molecule has 0 saturated carbocycles. The highest BCUT2D eigenvalue weighted by molar-refractivity contribution is 5.43. The van der Waals surface area contributed by atoms with Gasteiger partial charge in [0.15, 0.2) is 0 Å². The van der Waals surface area contributed by atoms with Gasteiger partial charge in [-0.25, -0.2) is 0 Å². The zero-order chi connectivity index (χ0) is 9.10. The van der Waals surface area contributed by atoms with Gasteiger partial charge < -0.3 is 0 Å². The molecule has 1 nitrogen and oxygen atoms in total. The van der Waals surface area contributed by atoms with Crippen LogP contribution in [0.4, 0.5) is 0 Å². The van der Waals surface area contributed by atoms with Gasteiger partial charge in [-0.1, -0.05) is 18.6 Å². The Hall–Kier alpha value is -1.29. The van der Waals surface area contributed by atoms with Crippen molar-refractivity contribution in [2.75, 3.05) is 0 Å². The van der Waals surface area contributed by atoms with Crippen LogP contribution in [0.25, 0.3) is 0 Å². The molecule has 2 rings (SSSR count). The van der Waals surface area contributed by atoms with Crippen LogP contribution >= 0.6 is 0 Å². The molecule has 0 unspecified atom stereocenters. The number of hydrogen-bond donors (Lipinski definition) is 0. The summed E-state index contributed by atoms with van der Waals surface area (Å²) in [7, 11) is 0. The SMILES string of the molecule is N#Cc1cccc2c1CCCCC2. The maximum absolute atomic E-state index is 8.94. The fourth-order valence-electron chi connectivity index (χ4n) is 2.06. The summed E-state index contributed by atoms with van der Waals surface area (Å²) >= 11 is 0. The summed E-state index contributed by atoms with van der Waals surface area (Å²) in [6.45, 7) is 0. The van der Waals surface area contributed by atoms with Crippen molar-refractivity contribution in [3.05, 3.63) is 34.9 Å². The van der Waals surface area contributed by atoms with Gasteiger partial charge in [0.1, 0.15) is 0 Å². The molecule has 0 N–H and O–H groups in total. The quantitative estimate of drug-likeness (QED) is 0.551. The van der Waals surface area contributed by atoms with Crippen molar-refractivity contribution in [3.8, 4) is 6.07 Å². The summed E-state index contributed by atoms with van der Waals surface area (Å²) in [6, 6.07) is 8.39. The second kappa shape index (κ2) is 3.62. The Balaban J connectivity index is 2.47. The van der Waals surface area contributed by atoms with Crippen LogP contribution in [-0.2, 0) is 12.8 Å². The normalized spacial score (nSPS) is 15.6. The minimum Gasteiger partial charge on any atom is -0.192 e. The number of benzene rings is 1. The number of aryl methyl sites for hydroxylation is 1. The number of fused-ring (bicyclic) bond motifs is 1. The van der Waals surface area contributed by atoms with Gasteiger partial charge in [-0.2, -0.15) is 5.26 Å². The molecule has 0 aliphatic heterocycles. The molecule has 13 heavy (non-hydrogen) atoms. The van der Waals surface area contributed by atoms with E-state index in [0.717, 1.165) is 18.4 Å². The van der Waals surface area contributed by atoms with Gasteiger partial charge in [-0.15, -0.1) is 0 Å². The first kappa shape index (κ1) is 8.31. The Morgan fingerprint density at radius 2 is 1.92 bits per heavy atom. The van der Waals surface area contributed by atoms with Gasteiger partial charge in [0.2, 0.25) is 0 Å². The lowest BCUT2D eigenvalue weighted by atomic mass is 9.98. The second-order valence-corrected chi connectivity index (χ2v) is 3.62. The molecule has 0 bridgehead atoms. The molecule has 0 atom stereocenters. The van der Waals surface area contributed by atoms with E-state index in [4.69, 9.17) is 5.26 Å². The fraction of sp³-hybridized carbons (Fsp3) is 0.417. The summed E-state index contributed by atoms with van der Waals surface area (Å²) in [5, 5.41) is 8.94. The first-order valence-electron chi connectivity index (χ1n) is 4.92. The minimum atomic E-state index is 0.888. The van der Waals surface area contributed by atoms with E-state index < -0.39 is 0 Å². The molecule has 0 fully saturated rings. The molecule has 0 radical (unpaired) electrons. The Labute approximate surface area is 79.0 Å². The predicted octanol–water partition coefficient (Wildman–Crippen LogP) is 2.83. The molecule has 1 aliphatic rings. The molecular formula is C12H13N. The van der Waals surface area contributed by atoms with Crippen LogP contribution < -0.4 is 0 Å². The van der Waals surface area contributed by atoms with Gasteiger partial charge in [-0.05, 0) is 42.9 Å². The molecule has 1 aromatic rings. The van der Waals surface area contributed by atoms with Crippen molar-refractivity contribution in [3.63, 3.8) is 0 Å². The van der Waals surface area contributed by atoms with Crippen molar-refractivity contribution >= 4 is 0 Å². The number of hydrogen-bond acceptors (Lipinski definition) is 1. The van der Waals surface area contributed by atoms with Crippen LogP contribution in [0.2, 0.25) is 0 Å². The van der Waals surface area contributed by atoms with Crippen molar-refractivity contribution in [2.24, 2.45) is 0 Å². The highest BCUT2D eigenvalue weighted by Crippen LogP contribution is 2.23. The maximum atomic E-state index is 8.94. The third-order valence-electron chi connectivity index (χ3n) is 2.77. The van der Waals surface area contributed by atoms with Gasteiger partial charge in [0.05, 0.1) is 11.6 Å². The first-order chi connectivity index (χ1) is 6.42. The molecule has 0 spiro atoms. The molecule has 1 heteroatoms. The maximum Gasteiger partial charge on any atom is 0.0994 e. The second-order valence-electron chi connectivity index (χ2n) is 3.62. The van der Waals surface area contributed by atoms with E-state index in [0.29, 0.717) is 0 Å². The Morgan fingerprint density at radius 3 is 2.77 bits per heavy atom. The average Bonchev–Trinajstić information content (AvgIpc) is 2.41. The van der Waals surface area contributed by atoms with E-state index >= 15 is 0 Å². The lowest BCUT2D eigenvalue weighted by molar-refractivity contribution is 0.711. The Bertz CT molecular complexity index is 347. The topological polar surface area (TPSA) is 23.8 Å². The highest BCUT2D eigenvalue weighted by Gasteiger charge is 2.10. The third-order valence-corrected chi connectivity index (χ3v) is 2.77. The van der Waals surface area contributed by atoms with E-state index in [2.05, 4.69) is 12.1 Å². The number of nitrogens with zero attached hydrogens (tertiary/aromatic N) is 1. The van der Waals surface area contributed by atoms with Crippen LogP contribution in [0, 0.1) is 11.3 Å². The lowest BCUT2D eigenvalue weighted by Gasteiger charge is -2.05. The molecule has 0 saturated heterocycles. The van der Waals surface area contributed by atoms with Crippen molar-refractivity contribution in [2.45, 2.75) is 32.1 Å². The summed E-state index contributed by atoms with van der Waals surface area (Å²) in [4.78, 5) is 0. The largest absolute Gasteiger partial charge is 0.192 e. The number of nitriles is 1.